The number of rotatable bonds is 3. The molecule has 1 aromatic heterocycles. The Kier molecular flexibility index (Phi) is 4.73. The van der Waals surface area contributed by atoms with Crippen molar-refractivity contribution in [2.24, 2.45) is 4.99 Å². The molecule has 0 saturated heterocycles. The summed E-state index contributed by atoms with van der Waals surface area (Å²) in [6.07, 6.45) is 1.84. The average Bonchev–Trinajstić information content (AvgIpc) is 2.87. The van der Waals surface area contributed by atoms with Crippen LogP contribution in [0.5, 0.6) is 0 Å². The lowest BCUT2D eigenvalue weighted by Gasteiger charge is -2.05. The molecule has 0 aliphatic carbocycles. The summed E-state index contributed by atoms with van der Waals surface area (Å²) in [6.45, 7) is 12.7. The second-order valence-corrected chi connectivity index (χ2v) is 7.44. The fourth-order valence-corrected chi connectivity index (χ4v) is 4.22. The van der Waals surface area contributed by atoms with Crippen LogP contribution in [0.1, 0.15) is 32.6 Å². The van der Waals surface area contributed by atoms with Gasteiger partial charge < -0.3 is 4.57 Å². The highest BCUT2D eigenvalue weighted by atomic mass is 32.1. The first kappa shape index (κ1) is 17.4. The van der Waals surface area contributed by atoms with Gasteiger partial charge in [-0.05, 0) is 68.1 Å². The van der Waals surface area contributed by atoms with Crippen molar-refractivity contribution in [3.63, 3.8) is 0 Å². The molecule has 0 N–H and O–H groups in total. The van der Waals surface area contributed by atoms with Crippen LogP contribution in [-0.2, 0) is 6.54 Å². The Morgan fingerprint density at radius 1 is 1.12 bits per heavy atom. The van der Waals surface area contributed by atoms with E-state index in [2.05, 4.69) is 42.1 Å². The molecule has 0 fully saturated rings. The average molecular weight is 350 g/mol. The predicted octanol–water partition coefficient (Wildman–Crippen LogP) is 4.86. The highest BCUT2D eigenvalue weighted by Gasteiger charge is 2.11. The molecule has 0 radical (unpaired) electrons. The third-order valence-corrected chi connectivity index (χ3v) is 5.40. The molecule has 0 saturated carbocycles. The van der Waals surface area contributed by atoms with E-state index >= 15 is 0 Å². The topological polar surface area (TPSA) is 34.4 Å². The van der Waals surface area contributed by atoms with Crippen molar-refractivity contribution in [3.05, 3.63) is 75.6 Å². The smallest absolute Gasteiger partial charge is 0.279 e. The molecule has 3 nitrogen and oxygen atoms in total. The molecule has 1 heterocycles. The van der Waals surface area contributed by atoms with Gasteiger partial charge in [0.15, 0.2) is 4.80 Å². The van der Waals surface area contributed by atoms with Gasteiger partial charge >= 0.3 is 0 Å². The third kappa shape index (κ3) is 3.35. The quantitative estimate of drug-likeness (QED) is 0.621. The van der Waals surface area contributed by atoms with Gasteiger partial charge in [-0.3, -0.25) is 4.79 Å². The first-order valence-electron chi connectivity index (χ1n) is 8.28. The van der Waals surface area contributed by atoms with Gasteiger partial charge in [-0.2, -0.15) is 4.99 Å². The molecule has 0 spiro atoms. The number of thiazole rings is 1. The summed E-state index contributed by atoms with van der Waals surface area (Å²) >= 11 is 1.55. The molecule has 3 rings (SSSR count). The largest absolute Gasteiger partial charge is 0.312 e. The van der Waals surface area contributed by atoms with E-state index in [4.69, 9.17) is 0 Å². The number of fused-ring (bicyclic) bond motifs is 1. The molecule has 0 atom stereocenters. The van der Waals surface area contributed by atoms with Crippen molar-refractivity contribution in [1.29, 1.82) is 0 Å². The Labute approximate surface area is 152 Å². The van der Waals surface area contributed by atoms with E-state index in [1.54, 1.807) is 11.3 Å². The van der Waals surface area contributed by atoms with Crippen molar-refractivity contribution < 1.29 is 4.79 Å². The molecule has 1 amide bonds. The van der Waals surface area contributed by atoms with Gasteiger partial charge in [-0.1, -0.05) is 29.5 Å². The number of carbonyl (C=O) groups is 1. The Morgan fingerprint density at radius 3 is 2.56 bits per heavy atom. The molecule has 0 unspecified atom stereocenters. The minimum atomic E-state index is -0.207. The van der Waals surface area contributed by atoms with E-state index in [-0.39, 0.29) is 5.91 Å². The van der Waals surface area contributed by atoms with E-state index in [1.807, 2.05) is 38.1 Å². The maximum Gasteiger partial charge on any atom is 0.279 e. The van der Waals surface area contributed by atoms with Gasteiger partial charge in [0.25, 0.3) is 5.91 Å². The van der Waals surface area contributed by atoms with Crippen LogP contribution in [0.2, 0.25) is 0 Å². The molecule has 4 heteroatoms. The van der Waals surface area contributed by atoms with Crippen LogP contribution in [0, 0.1) is 27.7 Å². The first-order valence-corrected chi connectivity index (χ1v) is 9.10. The fourth-order valence-electron chi connectivity index (χ4n) is 3.00. The normalized spacial score (nSPS) is 11.9. The Morgan fingerprint density at radius 2 is 1.88 bits per heavy atom. The first-order chi connectivity index (χ1) is 11.9. The number of benzene rings is 2. The number of aromatic nitrogens is 1. The summed E-state index contributed by atoms with van der Waals surface area (Å²) < 4.78 is 3.21. The number of amides is 1. The third-order valence-electron chi connectivity index (χ3n) is 4.37. The number of aryl methyl sites for hydroxylation is 4. The maximum atomic E-state index is 12.7. The van der Waals surface area contributed by atoms with E-state index in [9.17, 15) is 4.79 Å². The number of allylic oxidation sites excluding steroid dienone is 1. The molecule has 0 aliphatic heterocycles. The van der Waals surface area contributed by atoms with E-state index < -0.39 is 0 Å². The lowest BCUT2D eigenvalue weighted by molar-refractivity contribution is 0.0998. The van der Waals surface area contributed by atoms with Crippen molar-refractivity contribution in [3.8, 4) is 0 Å². The highest BCUT2D eigenvalue weighted by molar-refractivity contribution is 7.16. The Balaban J connectivity index is 2.19. The molecule has 128 valence electrons. The summed E-state index contributed by atoms with van der Waals surface area (Å²) in [4.78, 5) is 17.8. The molecule has 0 bridgehead atoms. The van der Waals surface area contributed by atoms with Crippen molar-refractivity contribution in [1.82, 2.24) is 4.57 Å². The summed E-state index contributed by atoms with van der Waals surface area (Å²) in [5.74, 6) is -0.207. The fraction of sp³-hybridized carbons (Fsp3) is 0.238. The van der Waals surface area contributed by atoms with Crippen LogP contribution >= 0.6 is 11.3 Å². The summed E-state index contributed by atoms with van der Waals surface area (Å²) in [5, 5.41) is 0. The molecular formula is C21H22N2OS. The van der Waals surface area contributed by atoms with Crippen molar-refractivity contribution in [2.75, 3.05) is 0 Å². The highest BCUT2D eigenvalue weighted by Crippen LogP contribution is 2.23. The van der Waals surface area contributed by atoms with Crippen LogP contribution in [0.15, 0.2) is 48.0 Å². The summed E-state index contributed by atoms with van der Waals surface area (Å²) in [5.41, 5.74) is 6.42. The second kappa shape index (κ2) is 6.81. The second-order valence-electron chi connectivity index (χ2n) is 6.43. The Bertz CT molecular complexity index is 1050. The number of nitrogens with zero attached hydrogens (tertiary/aromatic N) is 2. The van der Waals surface area contributed by atoms with Gasteiger partial charge in [0.2, 0.25) is 0 Å². The zero-order chi connectivity index (χ0) is 18.1. The molecule has 2 aromatic carbocycles. The zero-order valence-electron chi connectivity index (χ0n) is 15.1. The molecule has 0 aliphatic rings. The van der Waals surface area contributed by atoms with Gasteiger partial charge in [0.1, 0.15) is 0 Å². The monoisotopic (exact) mass is 350 g/mol. The number of hydrogen-bond acceptors (Lipinski definition) is 2. The minimum absolute atomic E-state index is 0.207. The van der Waals surface area contributed by atoms with Crippen molar-refractivity contribution >= 4 is 27.5 Å². The summed E-state index contributed by atoms with van der Waals surface area (Å²) in [7, 11) is 0. The minimum Gasteiger partial charge on any atom is -0.312 e. The standard InChI is InChI=1S/C21H22N2OS/c1-6-9-23-19-16(5)10-13(2)11-18(19)25-21(23)22-20(24)17-8-7-14(3)15(4)12-17/h6-8,10-12H,1,9H2,2-5H3. The summed E-state index contributed by atoms with van der Waals surface area (Å²) in [6, 6.07) is 10.0. The van der Waals surface area contributed by atoms with E-state index in [0.717, 1.165) is 15.8 Å². The van der Waals surface area contributed by atoms with Crippen LogP contribution in [0.4, 0.5) is 0 Å². The van der Waals surface area contributed by atoms with Gasteiger partial charge in [-0.15, -0.1) is 6.58 Å². The van der Waals surface area contributed by atoms with Crippen molar-refractivity contribution in [2.45, 2.75) is 34.2 Å². The molecule has 25 heavy (non-hydrogen) atoms. The van der Waals surface area contributed by atoms with E-state index in [0.29, 0.717) is 16.9 Å². The molecule has 3 aromatic rings. The Hall–Kier alpha value is -2.46. The van der Waals surface area contributed by atoms with Gasteiger partial charge in [0.05, 0.1) is 10.2 Å². The lowest BCUT2D eigenvalue weighted by Crippen LogP contribution is -2.16. The van der Waals surface area contributed by atoms with Crippen LogP contribution in [0.25, 0.3) is 10.2 Å². The predicted molar refractivity (Wildman–Crippen MR) is 105 cm³/mol. The van der Waals surface area contributed by atoms with Gasteiger partial charge in [0, 0.05) is 12.1 Å². The SMILES string of the molecule is C=CCn1c(=NC(=O)c2ccc(C)c(C)c2)sc2cc(C)cc(C)c21. The zero-order valence-corrected chi connectivity index (χ0v) is 15.9. The van der Waals surface area contributed by atoms with Crippen LogP contribution < -0.4 is 4.80 Å². The van der Waals surface area contributed by atoms with Gasteiger partial charge in [-0.25, -0.2) is 0 Å². The number of hydrogen-bond donors (Lipinski definition) is 0. The van der Waals surface area contributed by atoms with Crippen LogP contribution in [-0.4, -0.2) is 10.5 Å². The number of carbonyl (C=O) groups excluding carboxylic acids is 1. The molecular weight excluding hydrogens is 328 g/mol. The van der Waals surface area contributed by atoms with E-state index in [1.165, 1.54) is 16.7 Å². The lowest BCUT2D eigenvalue weighted by atomic mass is 10.1. The van der Waals surface area contributed by atoms with Crippen LogP contribution in [0.3, 0.4) is 0 Å². The maximum absolute atomic E-state index is 12.7.